The smallest absolute Gasteiger partial charge is 0.545 e. The summed E-state index contributed by atoms with van der Waals surface area (Å²) in [4.78, 5) is 18.3. The van der Waals surface area contributed by atoms with Crippen molar-refractivity contribution in [3.8, 4) is 11.5 Å². The molecule has 186 valence electrons. The maximum absolute atomic E-state index is 13.4. The van der Waals surface area contributed by atoms with Gasteiger partial charge in [0.05, 0.1) is 37.2 Å². The van der Waals surface area contributed by atoms with Crippen LogP contribution in [-0.4, -0.2) is 56.5 Å². The summed E-state index contributed by atoms with van der Waals surface area (Å²) in [5, 5.41) is 5.37. The topological polar surface area (TPSA) is 104 Å². The van der Waals surface area contributed by atoms with Crippen LogP contribution in [0.2, 0.25) is 0 Å². The Balaban J connectivity index is 0.000000356. The zero-order chi connectivity index (χ0) is 25.3. The second kappa shape index (κ2) is 18.3. The van der Waals surface area contributed by atoms with Gasteiger partial charge < -0.3 is 39.5 Å². The number of ether oxygens (including phenoxy) is 4. The van der Waals surface area contributed by atoms with Gasteiger partial charge in [-0.25, -0.2) is 4.39 Å². The van der Waals surface area contributed by atoms with Gasteiger partial charge in [-0.1, -0.05) is 12.6 Å². The van der Waals surface area contributed by atoms with Gasteiger partial charge in [0.2, 0.25) is 5.91 Å². The number of anilines is 3. The van der Waals surface area contributed by atoms with Gasteiger partial charge >= 0.3 is 29.6 Å². The van der Waals surface area contributed by atoms with E-state index in [1.807, 2.05) is 6.07 Å². The summed E-state index contributed by atoms with van der Waals surface area (Å²) in [6.45, 7) is 5.46. The number of methoxy groups -OCH3 is 2. The minimum atomic E-state index is -0.584. The van der Waals surface area contributed by atoms with Crippen LogP contribution in [0.25, 0.3) is 0 Å². The molecule has 11 heteroatoms. The van der Waals surface area contributed by atoms with Crippen LogP contribution in [0.4, 0.5) is 21.6 Å². The van der Waals surface area contributed by atoms with E-state index in [4.69, 9.17) is 18.9 Å². The number of benzene rings is 2. The van der Waals surface area contributed by atoms with Gasteiger partial charge in [-0.3, -0.25) is 4.79 Å². The standard InChI is InChI=1S/C13H10FN4O.C12H17O4.Na/c1-2-12(19)17-9-4-3-5-10(6-9)18-13-11(14)7-15-8-16-13;1-13-7-9-15-11-5-3-4-6-12(11)16-10-8-14-2;/h2-7H,1H2,(H,17,19)(H,15,16,18);3,5-6H,7-10H2,1-2H3;/q2*-1;+1. The Morgan fingerprint density at radius 1 is 1.08 bits per heavy atom. The molecule has 9 nitrogen and oxygen atoms in total. The van der Waals surface area contributed by atoms with Gasteiger partial charge in [-0.05, 0) is 30.5 Å². The van der Waals surface area contributed by atoms with Crippen molar-refractivity contribution in [2.75, 3.05) is 51.3 Å². The fourth-order valence-corrected chi connectivity index (χ4v) is 2.47. The molecule has 0 atom stereocenters. The van der Waals surface area contributed by atoms with Crippen molar-refractivity contribution in [3.63, 3.8) is 0 Å². The third kappa shape index (κ3) is 11.6. The summed E-state index contributed by atoms with van der Waals surface area (Å²) in [6, 6.07) is 15.1. The molecular weight excluding hydrogens is 478 g/mol. The van der Waals surface area contributed by atoms with E-state index in [2.05, 4.69) is 39.6 Å². The molecule has 0 saturated heterocycles. The Hall–Kier alpha value is -3.02. The van der Waals surface area contributed by atoms with Crippen LogP contribution < -0.4 is 49.7 Å². The van der Waals surface area contributed by atoms with E-state index in [1.54, 1.807) is 50.6 Å². The summed E-state index contributed by atoms with van der Waals surface area (Å²) in [6.07, 6.45) is 4.47. The van der Waals surface area contributed by atoms with Gasteiger partial charge in [-0.15, -0.1) is 12.1 Å². The maximum atomic E-state index is 13.4. The summed E-state index contributed by atoms with van der Waals surface area (Å²) in [5.74, 6) is 0.489. The van der Waals surface area contributed by atoms with Gasteiger partial charge in [0.1, 0.15) is 6.61 Å². The molecule has 2 N–H and O–H groups in total. The largest absolute Gasteiger partial charge is 1.00 e. The molecule has 3 rings (SSSR count). The van der Waals surface area contributed by atoms with Crippen LogP contribution >= 0.6 is 0 Å². The van der Waals surface area contributed by atoms with Crippen molar-refractivity contribution in [3.05, 3.63) is 79.5 Å². The van der Waals surface area contributed by atoms with Crippen molar-refractivity contribution < 1.29 is 57.7 Å². The Kier molecular flexibility index (Phi) is 15.7. The Morgan fingerprint density at radius 3 is 2.44 bits per heavy atom. The molecule has 0 fully saturated rings. The van der Waals surface area contributed by atoms with Crippen molar-refractivity contribution in [1.82, 2.24) is 9.97 Å². The molecule has 0 unspecified atom stereocenters. The quantitative estimate of drug-likeness (QED) is 0.162. The molecule has 36 heavy (non-hydrogen) atoms. The van der Waals surface area contributed by atoms with E-state index in [0.717, 1.165) is 6.20 Å². The summed E-state index contributed by atoms with van der Waals surface area (Å²) in [5.41, 5.74) is 1.14. The second-order valence-electron chi connectivity index (χ2n) is 6.62. The van der Waals surface area contributed by atoms with Crippen LogP contribution in [0.5, 0.6) is 11.5 Å². The van der Waals surface area contributed by atoms with Gasteiger partial charge in [0.15, 0.2) is 0 Å². The molecule has 1 amide bonds. The van der Waals surface area contributed by atoms with E-state index in [0.29, 0.717) is 49.3 Å². The third-order valence-corrected chi connectivity index (χ3v) is 4.08. The first kappa shape index (κ1) is 31.0. The first-order chi connectivity index (χ1) is 17.1. The number of halogens is 1. The molecule has 0 aliphatic carbocycles. The van der Waals surface area contributed by atoms with Gasteiger partial charge in [-0.2, -0.15) is 12.1 Å². The first-order valence-electron chi connectivity index (χ1n) is 10.5. The van der Waals surface area contributed by atoms with E-state index >= 15 is 0 Å². The average Bonchev–Trinajstić information content (AvgIpc) is 2.87. The molecule has 0 bridgehead atoms. The Bertz CT molecular complexity index is 1040. The zero-order valence-electron chi connectivity index (χ0n) is 20.5. The molecule has 1 heterocycles. The number of carbonyl (C=O) groups excluding carboxylic acids is 1. The predicted molar refractivity (Wildman–Crippen MR) is 129 cm³/mol. The van der Waals surface area contributed by atoms with Crippen LogP contribution in [0.3, 0.4) is 0 Å². The van der Waals surface area contributed by atoms with Gasteiger partial charge in [0, 0.05) is 37.7 Å². The second-order valence-corrected chi connectivity index (χ2v) is 6.62. The summed E-state index contributed by atoms with van der Waals surface area (Å²) >= 11 is 0. The SMILES string of the molecule is C=CC(=O)Nc1cccc(Nc2n[c-]ncc2F)c1.COCCOc1c[c-]ccc1OCCOC.[Na+]. The zero-order valence-corrected chi connectivity index (χ0v) is 22.5. The van der Waals surface area contributed by atoms with Crippen molar-refractivity contribution in [2.24, 2.45) is 0 Å². The molecule has 0 aliphatic heterocycles. The fourth-order valence-electron chi connectivity index (χ4n) is 2.47. The number of nitrogens with one attached hydrogen (secondary N) is 2. The minimum Gasteiger partial charge on any atom is -0.545 e. The van der Waals surface area contributed by atoms with Crippen molar-refractivity contribution in [2.45, 2.75) is 0 Å². The number of carbonyl (C=O) groups is 1. The fraction of sp³-hybridized carbons (Fsp3) is 0.240. The van der Waals surface area contributed by atoms with Crippen molar-refractivity contribution in [1.29, 1.82) is 0 Å². The molecule has 3 aromatic rings. The number of aromatic nitrogens is 2. The van der Waals surface area contributed by atoms with Gasteiger partial charge in [0.25, 0.3) is 0 Å². The maximum Gasteiger partial charge on any atom is 1.00 e. The van der Waals surface area contributed by atoms with E-state index in [-0.39, 0.29) is 41.3 Å². The van der Waals surface area contributed by atoms with E-state index in [9.17, 15) is 9.18 Å². The first-order valence-corrected chi connectivity index (χ1v) is 10.5. The molecule has 2 aromatic carbocycles. The minimum absolute atomic E-state index is 0. The van der Waals surface area contributed by atoms with Crippen LogP contribution in [0.15, 0.2) is 61.3 Å². The molecule has 0 saturated carbocycles. The van der Waals surface area contributed by atoms with Crippen LogP contribution in [0.1, 0.15) is 0 Å². The molecule has 0 radical (unpaired) electrons. The van der Waals surface area contributed by atoms with Crippen LogP contribution in [0, 0.1) is 18.2 Å². The molecule has 1 aromatic heterocycles. The molecule has 0 aliphatic rings. The average molecular weight is 506 g/mol. The number of amides is 1. The number of hydrogen-bond acceptors (Lipinski definition) is 8. The normalized spacial score (nSPS) is 9.64. The van der Waals surface area contributed by atoms with Crippen molar-refractivity contribution >= 4 is 23.1 Å². The molecular formula is C25H27FN4NaO5-. The van der Waals surface area contributed by atoms with E-state index in [1.165, 1.54) is 6.08 Å². The van der Waals surface area contributed by atoms with Crippen LogP contribution in [-0.2, 0) is 14.3 Å². The Labute approximate surface area is 232 Å². The summed E-state index contributed by atoms with van der Waals surface area (Å²) in [7, 11) is 3.27. The molecule has 0 spiro atoms. The number of nitrogens with zero attached hydrogens (tertiary/aromatic N) is 2. The monoisotopic (exact) mass is 505 g/mol. The summed E-state index contributed by atoms with van der Waals surface area (Å²) < 4.78 is 34.1. The number of rotatable bonds is 12. The van der Waals surface area contributed by atoms with E-state index < -0.39 is 5.82 Å². The Morgan fingerprint density at radius 2 is 1.78 bits per heavy atom. The number of hydrogen-bond donors (Lipinski definition) is 2. The predicted octanol–water partition coefficient (Wildman–Crippen LogP) is 0.825. The third-order valence-electron chi connectivity index (χ3n) is 4.08.